The number of benzene rings is 1. The summed E-state index contributed by atoms with van der Waals surface area (Å²) in [4.78, 5) is 209. The Morgan fingerprint density at radius 2 is 0.778 bits per heavy atom. The molecule has 0 aliphatic rings. The van der Waals surface area contributed by atoms with E-state index >= 15 is 0 Å². The van der Waals surface area contributed by atoms with Gasteiger partial charge in [-0.05, 0) is 81.9 Å². The third-order valence-electron chi connectivity index (χ3n) is 12.8. The van der Waals surface area contributed by atoms with Crippen molar-refractivity contribution < 1.29 is 112 Å². The summed E-state index contributed by atoms with van der Waals surface area (Å²) in [6.07, 6.45) is -8.45. The second-order valence-corrected chi connectivity index (χ2v) is 20.9. The van der Waals surface area contributed by atoms with E-state index in [4.69, 9.17) is 22.9 Å². The van der Waals surface area contributed by atoms with Gasteiger partial charge in [-0.1, -0.05) is 26.0 Å². The summed E-state index contributed by atoms with van der Waals surface area (Å²) in [5.74, 6) is -21.6. The average Bonchev–Trinajstić information content (AvgIpc) is 2.01. The number of rotatable bonds is 44. The molecule has 1 aromatic carbocycles. The fourth-order valence-corrected chi connectivity index (χ4v) is 8.09. The van der Waals surface area contributed by atoms with Crippen LogP contribution in [0.2, 0.25) is 0 Å². The fourth-order valence-electron chi connectivity index (χ4n) is 8.09. The molecule has 0 saturated carbocycles. The summed E-state index contributed by atoms with van der Waals surface area (Å²) in [6, 6.07) is -12.1. The molecule has 1 aromatic rings. The first-order chi connectivity index (χ1) is 42.0. The molecule has 0 spiro atoms. The molecule has 10 amide bonds. The van der Waals surface area contributed by atoms with Gasteiger partial charge in [-0.3, -0.25) is 76.9 Å². The van der Waals surface area contributed by atoms with Crippen LogP contribution in [0.5, 0.6) is 5.75 Å². The van der Waals surface area contributed by atoms with Crippen molar-refractivity contribution in [3.63, 3.8) is 0 Å². The normalized spacial score (nSPS) is 14.2. The zero-order valence-electron chi connectivity index (χ0n) is 49.4. The van der Waals surface area contributed by atoms with Crippen molar-refractivity contribution in [2.45, 2.75) is 178 Å². The topological polar surface area (TPSA) is 639 Å². The van der Waals surface area contributed by atoms with Crippen molar-refractivity contribution in [1.82, 2.24) is 47.9 Å². The maximum Gasteiger partial charge on any atom is 0.326 e. The maximum absolute atomic E-state index is 14.4. The van der Waals surface area contributed by atoms with Gasteiger partial charge >= 0.3 is 35.8 Å². The van der Waals surface area contributed by atoms with Gasteiger partial charge in [0.25, 0.3) is 0 Å². The lowest BCUT2D eigenvalue weighted by atomic mass is 10.00. The second-order valence-electron chi connectivity index (χ2n) is 20.9. The van der Waals surface area contributed by atoms with Crippen molar-refractivity contribution in [1.29, 1.82) is 0 Å². The first-order valence-corrected chi connectivity index (χ1v) is 27.9. The molecule has 1 rings (SSSR count). The third kappa shape index (κ3) is 32.0. The summed E-state index contributed by atoms with van der Waals surface area (Å²) in [5.41, 5.74) is 22.1. The van der Waals surface area contributed by atoms with Gasteiger partial charge in [0.1, 0.15) is 60.1 Å². The number of phenols is 1. The Balaban J connectivity index is 3.67. The van der Waals surface area contributed by atoms with E-state index < -0.39 is 219 Å². The van der Waals surface area contributed by atoms with Crippen molar-refractivity contribution in [2.24, 2.45) is 33.8 Å². The zero-order valence-corrected chi connectivity index (χ0v) is 49.4. The van der Waals surface area contributed by atoms with Gasteiger partial charge in [0.15, 0.2) is 5.96 Å². The molecule has 0 heterocycles. The summed E-state index contributed by atoms with van der Waals surface area (Å²) in [5, 5.41) is 86.8. The van der Waals surface area contributed by atoms with E-state index in [2.05, 4.69) is 47.5 Å². The predicted molar refractivity (Wildman–Crippen MR) is 308 cm³/mol. The van der Waals surface area contributed by atoms with E-state index in [0.717, 1.165) is 6.92 Å². The number of hydrogen-bond donors (Lipinski definition) is 20. The number of aliphatic imine (C=N–C) groups is 1. The van der Waals surface area contributed by atoms with Crippen molar-refractivity contribution in [3.8, 4) is 5.75 Å². The number of aromatic hydroxyl groups is 1. The zero-order chi connectivity index (χ0) is 68.5. The molecule has 0 aromatic heterocycles. The van der Waals surface area contributed by atoms with Gasteiger partial charge < -0.3 is 107 Å². The smallest absolute Gasteiger partial charge is 0.326 e. The number of amides is 10. The molecule has 37 heteroatoms. The Kier molecular flexibility index (Phi) is 34.2. The van der Waals surface area contributed by atoms with Crippen LogP contribution in [0.1, 0.15) is 116 Å². The monoisotopic (exact) mass is 1280 g/mol. The fraction of sp³-hybridized carbons (Fsp3) is 0.566. The highest BCUT2D eigenvalue weighted by molar-refractivity contribution is 5.99. The number of carbonyl (C=O) groups excluding carboxylic acids is 10. The predicted octanol–water partition coefficient (Wildman–Crippen LogP) is -5.97. The van der Waals surface area contributed by atoms with Gasteiger partial charge in [-0.2, -0.15) is 0 Å². The Labute approximate surface area is 513 Å². The minimum Gasteiger partial charge on any atom is -0.508 e. The van der Waals surface area contributed by atoms with Crippen LogP contribution in [-0.4, -0.2) is 204 Å². The van der Waals surface area contributed by atoms with Crippen molar-refractivity contribution in [2.75, 3.05) is 6.54 Å². The van der Waals surface area contributed by atoms with E-state index in [1.807, 2.05) is 5.32 Å². The number of aliphatic carboxylic acids is 6. The van der Waals surface area contributed by atoms with E-state index in [-0.39, 0.29) is 56.8 Å². The number of nitrogens with zero attached hydrogens (tertiary/aromatic N) is 1. The molecule has 37 nitrogen and oxygen atoms in total. The maximum atomic E-state index is 14.4. The minimum absolute atomic E-state index is 0.0451. The Morgan fingerprint density at radius 3 is 1.16 bits per heavy atom. The molecule has 0 saturated heterocycles. The van der Waals surface area contributed by atoms with E-state index in [1.165, 1.54) is 24.3 Å². The Bertz CT molecular complexity index is 2780. The lowest BCUT2D eigenvalue weighted by molar-refractivity contribution is -0.147. The van der Waals surface area contributed by atoms with E-state index in [9.17, 15) is 112 Å². The van der Waals surface area contributed by atoms with Crippen LogP contribution in [0.4, 0.5) is 0 Å². The number of nitrogens with one attached hydrogen (secondary N) is 9. The number of hydrogen-bond acceptors (Lipinski definition) is 19. The number of carbonyl (C=O) groups is 16. The Morgan fingerprint density at radius 1 is 0.422 bits per heavy atom. The number of nitrogens with two attached hydrogens (primary N) is 4. The molecule has 90 heavy (non-hydrogen) atoms. The molecule has 10 atom stereocenters. The summed E-state index contributed by atoms with van der Waals surface area (Å²) >= 11 is 0. The van der Waals surface area contributed by atoms with Gasteiger partial charge in [0.05, 0.1) is 12.5 Å². The molecule has 0 bridgehead atoms. The number of guanidine groups is 1. The van der Waals surface area contributed by atoms with Crippen LogP contribution in [0.15, 0.2) is 29.3 Å². The van der Waals surface area contributed by atoms with Gasteiger partial charge in [-0.25, -0.2) is 4.79 Å². The van der Waals surface area contributed by atoms with Crippen LogP contribution >= 0.6 is 0 Å². The van der Waals surface area contributed by atoms with Gasteiger partial charge in [0.2, 0.25) is 59.1 Å². The summed E-state index contributed by atoms with van der Waals surface area (Å²) in [7, 11) is 0. The lowest BCUT2D eigenvalue weighted by Gasteiger charge is -2.28. The van der Waals surface area contributed by atoms with Crippen LogP contribution in [0, 0.1) is 5.92 Å². The Hall–Kier alpha value is -10.2. The van der Waals surface area contributed by atoms with Crippen molar-refractivity contribution >= 4 is 101 Å². The second kappa shape index (κ2) is 39.5. The minimum atomic E-state index is -2.02. The quantitative estimate of drug-likeness (QED) is 0.0164. The van der Waals surface area contributed by atoms with Gasteiger partial charge in [-0.15, -0.1) is 0 Å². The number of carboxylic acid groups (broad SMARTS) is 6. The molecule has 500 valence electrons. The SMILES string of the molecule is CC(C)C[C@H](NC(=O)[C@H](Cc1ccc(O)cc1)NC(=O)[C@H](C)NC(=O)[C@H](CCC(=O)O)NC(=O)[C@H](CCC(=O)O)NC(=O)[C@H](CCC(=O)O)NC(=O)[C@@H](N)CCC(N)=O)C(=O)N[C@@H](CCCN=C(N)N)C(=O)N[C@@H](CCC(=O)O)C(=O)N[C@@H](CC(=O)O)C(=O)O. The summed E-state index contributed by atoms with van der Waals surface area (Å²) in [6.45, 7) is 4.26. The standard InChI is InChI=1S/C53H80N14O23/c1-24(2)21-34(50(87)61-29(5-4-20-58-53(56)57)46(83)63-33(14-19-41(76)77)49(86)67-36(52(89)90)23-42(78)79)66-51(88)35(22-26-6-8-27(68)9-7-26)65-43(80)25(3)59-45(82)30(11-16-38(70)71)62-48(85)32(13-18-40(74)75)64-47(84)31(12-17-39(72)73)60-44(81)28(54)10-15-37(55)69/h6-9,24-25,28-36,68H,4-5,10-23,54H2,1-3H3,(H2,55,69)(H,59,82)(H,60,81)(H,61,87)(H,62,85)(H,63,83)(H,64,84)(H,65,80)(H,66,88)(H,67,86)(H,70,71)(H,72,73)(H,74,75)(H,76,77)(H,78,79)(H,89,90)(H4,56,57,58)/t25-,28-,29-,30-,31-,32-,33-,34-,35-,36-/m0/s1. The van der Waals surface area contributed by atoms with Crippen LogP contribution in [-0.2, 0) is 83.1 Å². The van der Waals surface area contributed by atoms with E-state index in [1.54, 1.807) is 13.8 Å². The molecule has 0 aliphatic heterocycles. The van der Waals surface area contributed by atoms with Gasteiger partial charge in [0, 0.05) is 45.1 Å². The van der Waals surface area contributed by atoms with E-state index in [0.29, 0.717) is 5.56 Å². The highest BCUT2D eigenvalue weighted by Gasteiger charge is 2.36. The summed E-state index contributed by atoms with van der Waals surface area (Å²) < 4.78 is 0. The lowest BCUT2D eigenvalue weighted by Crippen LogP contribution is -2.60. The molecule has 0 radical (unpaired) electrons. The molecular formula is C53H80N14O23. The highest BCUT2D eigenvalue weighted by Crippen LogP contribution is 2.15. The number of primary amides is 1. The molecular weight excluding hydrogens is 1200 g/mol. The molecule has 0 unspecified atom stereocenters. The molecule has 0 aliphatic carbocycles. The number of carboxylic acids is 6. The average molecular weight is 1280 g/mol. The third-order valence-corrected chi connectivity index (χ3v) is 12.8. The van der Waals surface area contributed by atoms with Crippen LogP contribution in [0.25, 0.3) is 0 Å². The highest BCUT2D eigenvalue weighted by atomic mass is 16.4. The largest absolute Gasteiger partial charge is 0.508 e. The van der Waals surface area contributed by atoms with Crippen LogP contribution in [0.3, 0.4) is 0 Å². The molecule has 24 N–H and O–H groups in total. The first-order valence-electron chi connectivity index (χ1n) is 27.9. The number of phenolic OH excluding ortho intramolecular Hbond substituents is 1. The van der Waals surface area contributed by atoms with Crippen LogP contribution < -0.4 is 70.8 Å². The first kappa shape index (κ1) is 77.8. The van der Waals surface area contributed by atoms with Crippen molar-refractivity contribution in [3.05, 3.63) is 29.8 Å². The molecule has 0 fully saturated rings.